The third kappa shape index (κ3) is 9.61. The molecule has 0 aliphatic rings. The van der Waals surface area contributed by atoms with Gasteiger partial charge in [-0.05, 0) is 64.1 Å². The summed E-state index contributed by atoms with van der Waals surface area (Å²) in [6.07, 6.45) is 5.02. The van der Waals surface area contributed by atoms with Gasteiger partial charge in [0.2, 0.25) is 0 Å². The Bertz CT molecular complexity index is 154. The van der Waals surface area contributed by atoms with E-state index in [2.05, 4.69) is 39.5 Å². The van der Waals surface area contributed by atoms with E-state index in [0.717, 1.165) is 24.8 Å². The standard InChI is InChI=1S/C15H34N2/c1-13(2)8-11-17(12-9-14(3)4)15(5)7-6-10-16/h13-15H,6-12,16H2,1-5H3. The summed E-state index contributed by atoms with van der Waals surface area (Å²) < 4.78 is 0. The van der Waals surface area contributed by atoms with Crippen molar-refractivity contribution in [3.05, 3.63) is 0 Å². The van der Waals surface area contributed by atoms with Crippen LogP contribution in [0.3, 0.4) is 0 Å². The quantitative estimate of drug-likeness (QED) is 0.635. The molecule has 0 saturated heterocycles. The van der Waals surface area contributed by atoms with Gasteiger partial charge in [-0.2, -0.15) is 0 Å². The second kappa shape index (κ2) is 9.90. The first kappa shape index (κ1) is 16.9. The molecule has 0 aromatic rings. The van der Waals surface area contributed by atoms with Crippen LogP contribution in [0.2, 0.25) is 0 Å². The maximum atomic E-state index is 5.60. The number of nitrogens with zero attached hydrogens (tertiary/aromatic N) is 1. The monoisotopic (exact) mass is 242 g/mol. The summed E-state index contributed by atoms with van der Waals surface area (Å²) in [6, 6.07) is 0.691. The lowest BCUT2D eigenvalue weighted by atomic mass is 10.1. The van der Waals surface area contributed by atoms with Gasteiger partial charge in [-0.3, -0.25) is 0 Å². The number of nitrogens with two attached hydrogens (primary N) is 1. The highest BCUT2D eigenvalue weighted by Crippen LogP contribution is 2.12. The van der Waals surface area contributed by atoms with Gasteiger partial charge in [0.05, 0.1) is 0 Å². The van der Waals surface area contributed by atoms with E-state index in [4.69, 9.17) is 5.73 Å². The number of hydrogen-bond acceptors (Lipinski definition) is 2. The molecule has 0 aromatic carbocycles. The average Bonchev–Trinajstić information content (AvgIpc) is 2.25. The molecule has 0 amide bonds. The summed E-state index contributed by atoms with van der Waals surface area (Å²) in [5.74, 6) is 1.61. The van der Waals surface area contributed by atoms with Gasteiger partial charge in [0.1, 0.15) is 0 Å². The van der Waals surface area contributed by atoms with Crippen molar-refractivity contribution in [1.82, 2.24) is 4.90 Å². The SMILES string of the molecule is CC(C)CCN(CCC(C)C)C(C)CCCN. The minimum absolute atomic E-state index is 0.691. The van der Waals surface area contributed by atoms with Crippen molar-refractivity contribution in [2.75, 3.05) is 19.6 Å². The molecule has 1 unspecified atom stereocenters. The molecule has 2 N–H and O–H groups in total. The van der Waals surface area contributed by atoms with Gasteiger partial charge in [-0.15, -0.1) is 0 Å². The van der Waals surface area contributed by atoms with E-state index >= 15 is 0 Å². The lowest BCUT2D eigenvalue weighted by molar-refractivity contribution is 0.178. The Hall–Kier alpha value is -0.0800. The predicted octanol–water partition coefficient (Wildman–Crippen LogP) is 3.51. The highest BCUT2D eigenvalue weighted by Gasteiger charge is 2.14. The Morgan fingerprint density at radius 3 is 1.65 bits per heavy atom. The van der Waals surface area contributed by atoms with Crippen molar-refractivity contribution >= 4 is 0 Å². The Labute approximate surface area is 109 Å². The van der Waals surface area contributed by atoms with Gasteiger partial charge in [-0.1, -0.05) is 27.7 Å². The summed E-state index contributed by atoms with van der Waals surface area (Å²) in [5, 5.41) is 0. The van der Waals surface area contributed by atoms with Crippen LogP contribution in [-0.2, 0) is 0 Å². The molecule has 2 heteroatoms. The predicted molar refractivity (Wildman–Crippen MR) is 78.2 cm³/mol. The lowest BCUT2D eigenvalue weighted by Crippen LogP contribution is -2.36. The summed E-state index contributed by atoms with van der Waals surface area (Å²) in [6.45, 7) is 14.9. The van der Waals surface area contributed by atoms with Crippen LogP contribution < -0.4 is 5.73 Å². The fourth-order valence-electron chi connectivity index (χ4n) is 2.00. The van der Waals surface area contributed by atoms with Gasteiger partial charge in [-0.25, -0.2) is 0 Å². The summed E-state index contributed by atoms with van der Waals surface area (Å²) in [5.41, 5.74) is 5.60. The van der Waals surface area contributed by atoms with Crippen molar-refractivity contribution in [2.45, 2.75) is 66.3 Å². The van der Waals surface area contributed by atoms with E-state index in [0.29, 0.717) is 6.04 Å². The first-order chi connectivity index (χ1) is 7.97. The van der Waals surface area contributed by atoms with E-state index in [9.17, 15) is 0 Å². The summed E-state index contributed by atoms with van der Waals surface area (Å²) in [7, 11) is 0. The van der Waals surface area contributed by atoms with E-state index < -0.39 is 0 Å². The Kier molecular flexibility index (Phi) is 9.85. The molecule has 1 atom stereocenters. The topological polar surface area (TPSA) is 29.3 Å². The molecule has 0 fully saturated rings. The van der Waals surface area contributed by atoms with E-state index in [1.54, 1.807) is 0 Å². The zero-order valence-electron chi connectivity index (χ0n) is 12.7. The Balaban J connectivity index is 4.07. The van der Waals surface area contributed by atoms with E-state index in [-0.39, 0.29) is 0 Å². The fourth-order valence-corrected chi connectivity index (χ4v) is 2.00. The molecule has 104 valence electrons. The zero-order chi connectivity index (χ0) is 13.3. The molecule has 0 aliphatic carbocycles. The van der Waals surface area contributed by atoms with Crippen LogP contribution in [0.1, 0.15) is 60.3 Å². The number of rotatable bonds is 10. The molecule has 0 heterocycles. The van der Waals surface area contributed by atoms with Crippen LogP contribution in [0.25, 0.3) is 0 Å². The molecule has 0 bridgehead atoms. The molecule has 17 heavy (non-hydrogen) atoms. The fraction of sp³-hybridized carbons (Fsp3) is 1.00. The van der Waals surface area contributed by atoms with Crippen LogP contribution in [0.15, 0.2) is 0 Å². The minimum Gasteiger partial charge on any atom is -0.330 e. The van der Waals surface area contributed by atoms with Crippen LogP contribution >= 0.6 is 0 Å². The molecule has 0 radical (unpaired) electrons. The normalized spacial score (nSPS) is 13.9. The van der Waals surface area contributed by atoms with E-state index in [1.807, 2.05) is 0 Å². The average molecular weight is 242 g/mol. The second-order valence-corrected chi connectivity index (χ2v) is 6.18. The molecule has 0 aromatic heterocycles. The van der Waals surface area contributed by atoms with Crippen LogP contribution in [0.4, 0.5) is 0 Å². The maximum Gasteiger partial charge on any atom is 0.00674 e. The third-order valence-corrected chi connectivity index (χ3v) is 3.44. The van der Waals surface area contributed by atoms with Crippen LogP contribution in [0, 0.1) is 11.8 Å². The zero-order valence-corrected chi connectivity index (χ0v) is 12.7. The molecule has 0 spiro atoms. The maximum absolute atomic E-state index is 5.60. The molecular formula is C15H34N2. The van der Waals surface area contributed by atoms with Gasteiger partial charge in [0, 0.05) is 6.04 Å². The molecular weight excluding hydrogens is 208 g/mol. The van der Waals surface area contributed by atoms with Gasteiger partial charge < -0.3 is 10.6 Å². The highest BCUT2D eigenvalue weighted by atomic mass is 15.1. The molecule has 0 rings (SSSR count). The first-order valence-corrected chi connectivity index (χ1v) is 7.41. The number of hydrogen-bond donors (Lipinski definition) is 1. The van der Waals surface area contributed by atoms with Gasteiger partial charge >= 0.3 is 0 Å². The smallest absolute Gasteiger partial charge is 0.00674 e. The summed E-state index contributed by atoms with van der Waals surface area (Å²) in [4.78, 5) is 2.66. The molecule has 0 aliphatic heterocycles. The van der Waals surface area contributed by atoms with Crippen molar-refractivity contribution in [1.29, 1.82) is 0 Å². The minimum atomic E-state index is 0.691. The summed E-state index contributed by atoms with van der Waals surface area (Å²) >= 11 is 0. The first-order valence-electron chi connectivity index (χ1n) is 7.41. The molecule has 2 nitrogen and oxygen atoms in total. The lowest BCUT2D eigenvalue weighted by Gasteiger charge is -2.30. The van der Waals surface area contributed by atoms with Crippen molar-refractivity contribution in [3.63, 3.8) is 0 Å². The van der Waals surface area contributed by atoms with Gasteiger partial charge in [0.25, 0.3) is 0 Å². The van der Waals surface area contributed by atoms with Crippen LogP contribution in [-0.4, -0.2) is 30.6 Å². The Morgan fingerprint density at radius 1 is 0.824 bits per heavy atom. The third-order valence-electron chi connectivity index (χ3n) is 3.44. The largest absolute Gasteiger partial charge is 0.330 e. The second-order valence-electron chi connectivity index (χ2n) is 6.18. The van der Waals surface area contributed by atoms with E-state index in [1.165, 1.54) is 32.4 Å². The Morgan fingerprint density at radius 2 is 1.29 bits per heavy atom. The molecule has 0 saturated carbocycles. The highest BCUT2D eigenvalue weighted by molar-refractivity contribution is 4.69. The van der Waals surface area contributed by atoms with Crippen molar-refractivity contribution in [2.24, 2.45) is 17.6 Å². The van der Waals surface area contributed by atoms with Crippen LogP contribution in [0.5, 0.6) is 0 Å². The van der Waals surface area contributed by atoms with Crippen molar-refractivity contribution < 1.29 is 0 Å². The van der Waals surface area contributed by atoms with Gasteiger partial charge in [0.15, 0.2) is 0 Å². The van der Waals surface area contributed by atoms with Crippen molar-refractivity contribution in [3.8, 4) is 0 Å².